The summed E-state index contributed by atoms with van der Waals surface area (Å²) in [7, 11) is 0. The highest BCUT2D eigenvalue weighted by Gasteiger charge is 2.05. The Labute approximate surface area is 104 Å². The highest BCUT2D eigenvalue weighted by atomic mass is 35.5. The van der Waals surface area contributed by atoms with Crippen LogP contribution in [0.25, 0.3) is 0 Å². The molecule has 0 aliphatic heterocycles. The molecule has 2 aromatic rings. The molecule has 0 saturated carbocycles. The molecular weight excluding hydrogens is 241 g/mol. The summed E-state index contributed by atoms with van der Waals surface area (Å²) in [6, 6.07) is 11.1. The van der Waals surface area contributed by atoms with Crippen molar-refractivity contribution in [2.45, 2.75) is 6.61 Å². The van der Waals surface area contributed by atoms with Crippen LogP contribution in [0, 0.1) is 5.82 Å². The van der Waals surface area contributed by atoms with Crippen molar-refractivity contribution in [1.29, 1.82) is 0 Å². The molecule has 0 heterocycles. The zero-order chi connectivity index (χ0) is 12.3. The second kappa shape index (κ2) is 5.06. The van der Waals surface area contributed by atoms with Crippen LogP contribution in [0.1, 0.15) is 5.56 Å². The van der Waals surface area contributed by atoms with E-state index in [-0.39, 0.29) is 12.4 Å². The fourth-order valence-electron chi connectivity index (χ4n) is 1.41. The lowest BCUT2D eigenvalue weighted by atomic mass is 10.2. The van der Waals surface area contributed by atoms with Crippen molar-refractivity contribution in [2.24, 2.45) is 0 Å². The average Bonchev–Trinajstić information content (AvgIpc) is 2.31. The van der Waals surface area contributed by atoms with Crippen LogP contribution in [0.15, 0.2) is 42.5 Å². The molecule has 0 spiro atoms. The lowest BCUT2D eigenvalue weighted by Crippen LogP contribution is -2.01. The quantitative estimate of drug-likeness (QED) is 0.846. The van der Waals surface area contributed by atoms with Gasteiger partial charge in [-0.3, -0.25) is 0 Å². The van der Waals surface area contributed by atoms with E-state index < -0.39 is 0 Å². The van der Waals surface area contributed by atoms with Crippen molar-refractivity contribution >= 4 is 17.3 Å². The van der Waals surface area contributed by atoms with Gasteiger partial charge < -0.3 is 10.5 Å². The minimum absolute atomic E-state index is 0.261. The molecule has 4 heteroatoms. The van der Waals surface area contributed by atoms with E-state index in [0.29, 0.717) is 16.5 Å². The summed E-state index contributed by atoms with van der Waals surface area (Å²) in [6.45, 7) is 0.261. The molecule has 0 unspecified atom stereocenters. The highest BCUT2D eigenvalue weighted by Crippen LogP contribution is 2.23. The van der Waals surface area contributed by atoms with Gasteiger partial charge in [0.2, 0.25) is 0 Å². The molecule has 0 fully saturated rings. The summed E-state index contributed by atoms with van der Waals surface area (Å²) < 4.78 is 18.2. The summed E-state index contributed by atoms with van der Waals surface area (Å²) in [6.07, 6.45) is 0. The van der Waals surface area contributed by atoms with E-state index in [9.17, 15) is 4.39 Å². The molecule has 2 nitrogen and oxygen atoms in total. The number of anilines is 1. The van der Waals surface area contributed by atoms with Crippen LogP contribution in [-0.2, 0) is 6.61 Å². The molecule has 0 bridgehead atoms. The summed E-state index contributed by atoms with van der Waals surface area (Å²) >= 11 is 6.00. The Hall–Kier alpha value is -1.74. The van der Waals surface area contributed by atoms with Crippen LogP contribution < -0.4 is 10.5 Å². The second-order valence-corrected chi connectivity index (χ2v) is 3.96. The van der Waals surface area contributed by atoms with Gasteiger partial charge >= 0.3 is 0 Å². The normalized spacial score (nSPS) is 10.2. The number of hydrogen-bond donors (Lipinski definition) is 1. The van der Waals surface area contributed by atoms with E-state index in [1.54, 1.807) is 30.3 Å². The number of nitrogens with two attached hydrogens (primary N) is 1. The Morgan fingerprint density at radius 2 is 1.82 bits per heavy atom. The maximum absolute atomic E-state index is 12.7. The van der Waals surface area contributed by atoms with Gasteiger partial charge in [-0.1, -0.05) is 17.7 Å². The Bertz CT molecular complexity index is 493. The maximum Gasteiger partial charge on any atom is 0.123 e. The number of nitrogen functional groups attached to an aromatic ring is 1. The lowest BCUT2D eigenvalue weighted by molar-refractivity contribution is 0.306. The fraction of sp³-hybridized carbons (Fsp3) is 0.0769. The molecule has 17 heavy (non-hydrogen) atoms. The zero-order valence-electron chi connectivity index (χ0n) is 8.99. The average molecular weight is 252 g/mol. The van der Waals surface area contributed by atoms with Gasteiger partial charge in [0.25, 0.3) is 0 Å². The fourth-order valence-corrected chi connectivity index (χ4v) is 1.65. The third-order valence-corrected chi connectivity index (χ3v) is 2.71. The summed E-state index contributed by atoms with van der Waals surface area (Å²) in [5, 5.41) is 0.562. The van der Waals surface area contributed by atoms with Gasteiger partial charge in [0.1, 0.15) is 18.2 Å². The Morgan fingerprint density at radius 1 is 1.12 bits per heavy atom. The standard InChI is InChI=1S/C13H11ClFNO/c14-12-2-1-3-13(16)11(12)8-17-10-6-4-9(15)5-7-10/h1-7H,8,16H2. The molecule has 0 amide bonds. The Kier molecular flexibility index (Phi) is 3.49. The van der Waals surface area contributed by atoms with E-state index in [0.717, 1.165) is 5.56 Å². The first-order chi connectivity index (χ1) is 8.16. The van der Waals surface area contributed by atoms with Gasteiger partial charge in [-0.15, -0.1) is 0 Å². The monoisotopic (exact) mass is 251 g/mol. The summed E-state index contributed by atoms with van der Waals surface area (Å²) in [4.78, 5) is 0. The molecule has 0 saturated heterocycles. The lowest BCUT2D eigenvalue weighted by Gasteiger charge is -2.10. The zero-order valence-corrected chi connectivity index (χ0v) is 9.75. The molecular formula is C13H11ClFNO. The number of rotatable bonds is 3. The second-order valence-electron chi connectivity index (χ2n) is 3.55. The van der Waals surface area contributed by atoms with Crippen LogP contribution >= 0.6 is 11.6 Å². The highest BCUT2D eigenvalue weighted by molar-refractivity contribution is 6.31. The van der Waals surface area contributed by atoms with E-state index in [2.05, 4.69) is 0 Å². The van der Waals surface area contributed by atoms with E-state index in [1.165, 1.54) is 12.1 Å². The molecule has 0 aliphatic carbocycles. The topological polar surface area (TPSA) is 35.2 Å². The van der Waals surface area contributed by atoms with Crippen molar-refractivity contribution in [3.8, 4) is 5.75 Å². The maximum atomic E-state index is 12.7. The minimum Gasteiger partial charge on any atom is -0.489 e. The van der Waals surface area contributed by atoms with E-state index in [1.807, 2.05) is 0 Å². The van der Waals surface area contributed by atoms with E-state index >= 15 is 0 Å². The van der Waals surface area contributed by atoms with Crippen molar-refractivity contribution < 1.29 is 9.13 Å². The van der Waals surface area contributed by atoms with Crippen LogP contribution in [0.4, 0.5) is 10.1 Å². The molecule has 2 N–H and O–H groups in total. The number of ether oxygens (including phenoxy) is 1. The van der Waals surface area contributed by atoms with Gasteiger partial charge in [-0.25, -0.2) is 4.39 Å². The van der Waals surface area contributed by atoms with Crippen molar-refractivity contribution in [1.82, 2.24) is 0 Å². The number of halogens is 2. The summed E-state index contributed by atoms with van der Waals surface area (Å²) in [5.74, 6) is 0.278. The molecule has 0 radical (unpaired) electrons. The van der Waals surface area contributed by atoms with Crippen LogP contribution in [0.5, 0.6) is 5.75 Å². The molecule has 0 aliphatic rings. The largest absolute Gasteiger partial charge is 0.489 e. The van der Waals surface area contributed by atoms with Gasteiger partial charge in [-0.05, 0) is 36.4 Å². The molecule has 2 rings (SSSR count). The predicted molar refractivity (Wildman–Crippen MR) is 66.6 cm³/mol. The molecule has 0 atom stereocenters. The van der Waals surface area contributed by atoms with Crippen LogP contribution in [-0.4, -0.2) is 0 Å². The van der Waals surface area contributed by atoms with Gasteiger partial charge in [0.15, 0.2) is 0 Å². The van der Waals surface area contributed by atoms with Crippen molar-refractivity contribution in [3.05, 3.63) is 58.9 Å². The van der Waals surface area contributed by atoms with Crippen molar-refractivity contribution in [3.63, 3.8) is 0 Å². The van der Waals surface area contributed by atoms with Gasteiger partial charge in [0.05, 0.1) is 0 Å². The first-order valence-electron chi connectivity index (χ1n) is 5.08. The van der Waals surface area contributed by atoms with Crippen LogP contribution in [0.3, 0.4) is 0 Å². The first kappa shape index (κ1) is 11.7. The van der Waals surface area contributed by atoms with Gasteiger partial charge in [0, 0.05) is 16.3 Å². The Balaban J connectivity index is 2.10. The third-order valence-electron chi connectivity index (χ3n) is 2.35. The molecule has 2 aromatic carbocycles. The van der Waals surface area contributed by atoms with E-state index in [4.69, 9.17) is 22.1 Å². The van der Waals surface area contributed by atoms with Crippen LogP contribution in [0.2, 0.25) is 5.02 Å². The Morgan fingerprint density at radius 3 is 2.47 bits per heavy atom. The SMILES string of the molecule is Nc1cccc(Cl)c1COc1ccc(F)cc1. The third kappa shape index (κ3) is 2.88. The summed E-state index contributed by atoms with van der Waals surface area (Å²) in [5.41, 5.74) is 7.10. The van der Waals surface area contributed by atoms with Gasteiger partial charge in [-0.2, -0.15) is 0 Å². The number of hydrogen-bond acceptors (Lipinski definition) is 2. The predicted octanol–water partition coefficient (Wildman–Crippen LogP) is 3.64. The molecule has 88 valence electrons. The smallest absolute Gasteiger partial charge is 0.123 e. The minimum atomic E-state index is -0.297. The molecule has 0 aromatic heterocycles. The van der Waals surface area contributed by atoms with Crippen molar-refractivity contribution in [2.75, 3.05) is 5.73 Å². The first-order valence-corrected chi connectivity index (χ1v) is 5.46. The number of benzene rings is 2.